The zero-order valence-corrected chi connectivity index (χ0v) is 13.2. The Morgan fingerprint density at radius 3 is 2.65 bits per heavy atom. The molecule has 0 aliphatic carbocycles. The van der Waals surface area contributed by atoms with Gasteiger partial charge in [0.25, 0.3) is 0 Å². The highest BCUT2D eigenvalue weighted by Crippen LogP contribution is 2.19. The highest BCUT2D eigenvalue weighted by molar-refractivity contribution is 5.81. The molecule has 2 nitrogen and oxygen atoms in total. The summed E-state index contributed by atoms with van der Waals surface area (Å²) in [6.45, 7) is 14.7. The maximum absolute atomic E-state index is 4.10. The Morgan fingerprint density at radius 1 is 1.25 bits per heavy atom. The number of fused-ring (bicyclic) bond motifs is 1. The summed E-state index contributed by atoms with van der Waals surface area (Å²) in [6.07, 6.45) is 3.19. The summed E-state index contributed by atoms with van der Waals surface area (Å²) in [5.74, 6) is 0. The summed E-state index contributed by atoms with van der Waals surface area (Å²) in [7, 11) is 0. The molecule has 0 fully saturated rings. The van der Waals surface area contributed by atoms with Crippen molar-refractivity contribution in [3.8, 4) is 0 Å². The number of aromatic nitrogens is 1. The van der Waals surface area contributed by atoms with Gasteiger partial charge in [-0.3, -0.25) is 0 Å². The van der Waals surface area contributed by atoms with Crippen LogP contribution in [0.3, 0.4) is 0 Å². The Kier molecular flexibility index (Phi) is 4.34. The van der Waals surface area contributed by atoms with Crippen LogP contribution < -0.4 is 5.32 Å². The molecular weight excluding hydrogens is 244 g/mol. The average Bonchev–Trinajstić information content (AvgIpc) is 2.78. The van der Waals surface area contributed by atoms with Crippen molar-refractivity contribution in [1.29, 1.82) is 0 Å². The standard InChI is InChI=1S/C18H26N2/c1-6-14(2)13-20-10-9-16-11-15(7-8-17(16)20)12-19-18(3,4)5/h7-11,19H,2,6,12-13H2,1,3-5H3. The van der Waals surface area contributed by atoms with Gasteiger partial charge in [-0.25, -0.2) is 0 Å². The molecule has 0 unspecified atom stereocenters. The normalized spacial score (nSPS) is 12.0. The minimum Gasteiger partial charge on any atom is -0.343 e. The van der Waals surface area contributed by atoms with Gasteiger partial charge in [-0.15, -0.1) is 0 Å². The van der Waals surface area contributed by atoms with Gasteiger partial charge in [0.1, 0.15) is 0 Å². The molecule has 0 aliphatic rings. The summed E-state index contributed by atoms with van der Waals surface area (Å²) in [5.41, 5.74) is 4.04. The molecule has 0 spiro atoms. The van der Waals surface area contributed by atoms with Crippen molar-refractivity contribution in [3.63, 3.8) is 0 Å². The maximum Gasteiger partial charge on any atom is 0.0483 e. The molecule has 0 saturated carbocycles. The van der Waals surface area contributed by atoms with Crippen molar-refractivity contribution in [1.82, 2.24) is 9.88 Å². The van der Waals surface area contributed by atoms with Gasteiger partial charge >= 0.3 is 0 Å². The van der Waals surface area contributed by atoms with Crippen molar-refractivity contribution >= 4 is 10.9 Å². The van der Waals surface area contributed by atoms with Gasteiger partial charge in [0.05, 0.1) is 0 Å². The van der Waals surface area contributed by atoms with Crippen molar-refractivity contribution in [2.45, 2.75) is 52.7 Å². The molecule has 0 radical (unpaired) electrons. The monoisotopic (exact) mass is 270 g/mol. The fourth-order valence-corrected chi connectivity index (χ4v) is 2.22. The van der Waals surface area contributed by atoms with Crippen LogP contribution in [0.5, 0.6) is 0 Å². The van der Waals surface area contributed by atoms with E-state index >= 15 is 0 Å². The summed E-state index contributed by atoms with van der Waals surface area (Å²) in [4.78, 5) is 0. The second kappa shape index (κ2) is 5.84. The van der Waals surface area contributed by atoms with Gasteiger partial charge in [0, 0.05) is 30.3 Å². The SMILES string of the molecule is C=C(CC)Cn1ccc2cc(CNC(C)(C)C)ccc21. The van der Waals surface area contributed by atoms with E-state index in [1.54, 1.807) is 0 Å². The highest BCUT2D eigenvalue weighted by atomic mass is 15.0. The summed E-state index contributed by atoms with van der Waals surface area (Å²) in [6, 6.07) is 8.91. The molecule has 0 bridgehead atoms. The predicted molar refractivity (Wildman–Crippen MR) is 88.0 cm³/mol. The number of benzene rings is 1. The number of nitrogens with zero attached hydrogens (tertiary/aromatic N) is 1. The largest absolute Gasteiger partial charge is 0.343 e. The van der Waals surface area contributed by atoms with Crippen LogP contribution in [-0.4, -0.2) is 10.1 Å². The Hall–Kier alpha value is -1.54. The Labute approximate surface area is 122 Å². The first-order valence-corrected chi connectivity index (χ1v) is 7.38. The lowest BCUT2D eigenvalue weighted by atomic mass is 10.1. The van der Waals surface area contributed by atoms with Crippen molar-refractivity contribution < 1.29 is 0 Å². The summed E-state index contributed by atoms with van der Waals surface area (Å²) < 4.78 is 2.28. The molecule has 2 rings (SSSR count). The van der Waals surface area contributed by atoms with Gasteiger partial charge in [-0.1, -0.05) is 25.1 Å². The molecule has 108 valence electrons. The number of rotatable bonds is 5. The van der Waals surface area contributed by atoms with E-state index in [-0.39, 0.29) is 5.54 Å². The molecule has 1 aromatic carbocycles. The van der Waals surface area contributed by atoms with Gasteiger partial charge in [-0.05, 0) is 56.3 Å². The molecular formula is C18H26N2. The van der Waals surface area contributed by atoms with E-state index < -0.39 is 0 Å². The van der Waals surface area contributed by atoms with Gasteiger partial charge < -0.3 is 9.88 Å². The molecule has 2 aromatic rings. The van der Waals surface area contributed by atoms with Crippen LogP contribution in [0.25, 0.3) is 10.9 Å². The average molecular weight is 270 g/mol. The van der Waals surface area contributed by atoms with Crippen LogP contribution in [0.4, 0.5) is 0 Å². The lowest BCUT2D eigenvalue weighted by molar-refractivity contribution is 0.424. The smallest absolute Gasteiger partial charge is 0.0483 e. The third-order valence-electron chi connectivity index (χ3n) is 3.55. The fraction of sp³-hybridized carbons (Fsp3) is 0.444. The fourth-order valence-electron chi connectivity index (χ4n) is 2.22. The first-order chi connectivity index (χ1) is 9.39. The third-order valence-corrected chi connectivity index (χ3v) is 3.55. The highest BCUT2D eigenvalue weighted by Gasteiger charge is 2.09. The zero-order valence-electron chi connectivity index (χ0n) is 13.2. The number of hydrogen-bond donors (Lipinski definition) is 1. The first kappa shape index (κ1) is 14.9. The number of nitrogens with one attached hydrogen (secondary N) is 1. The van der Waals surface area contributed by atoms with E-state index in [0.29, 0.717) is 0 Å². The van der Waals surface area contributed by atoms with Crippen LogP contribution in [0, 0.1) is 0 Å². The topological polar surface area (TPSA) is 17.0 Å². The van der Waals surface area contributed by atoms with E-state index in [1.807, 2.05) is 0 Å². The summed E-state index contributed by atoms with van der Waals surface area (Å²) in [5, 5.41) is 4.84. The Bertz CT molecular complexity index is 599. The van der Waals surface area contributed by atoms with Crippen molar-refractivity contribution in [2.75, 3.05) is 0 Å². The first-order valence-electron chi connectivity index (χ1n) is 7.38. The van der Waals surface area contributed by atoms with Crippen molar-refractivity contribution in [2.24, 2.45) is 0 Å². The molecule has 0 atom stereocenters. The quantitative estimate of drug-likeness (QED) is 0.792. The van der Waals surface area contributed by atoms with Crippen LogP contribution in [0.15, 0.2) is 42.6 Å². The van der Waals surface area contributed by atoms with Gasteiger partial charge in [-0.2, -0.15) is 0 Å². The van der Waals surface area contributed by atoms with Crippen LogP contribution in [0.1, 0.15) is 39.7 Å². The zero-order chi connectivity index (χ0) is 14.8. The second-order valence-corrected chi connectivity index (χ2v) is 6.54. The lowest BCUT2D eigenvalue weighted by Gasteiger charge is -2.20. The van der Waals surface area contributed by atoms with Crippen molar-refractivity contribution in [3.05, 3.63) is 48.2 Å². The minimum absolute atomic E-state index is 0.153. The molecule has 1 N–H and O–H groups in total. The van der Waals surface area contributed by atoms with Gasteiger partial charge in [0.2, 0.25) is 0 Å². The Morgan fingerprint density at radius 2 is 2.00 bits per heavy atom. The minimum atomic E-state index is 0.153. The predicted octanol–water partition coefficient (Wildman–Crippen LogP) is 4.50. The molecule has 20 heavy (non-hydrogen) atoms. The maximum atomic E-state index is 4.10. The molecule has 2 heteroatoms. The number of hydrogen-bond acceptors (Lipinski definition) is 1. The number of allylic oxidation sites excluding steroid dienone is 1. The van der Waals surface area contributed by atoms with E-state index in [9.17, 15) is 0 Å². The van der Waals surface area contributed by atoms with Crippen LogP contribution in [-0.2, 0) is 13.1 Å². The van der Waals surface area contributed by atoms with Crippen LogP contribution >= 0.6 is 0 Å². The third kappa shape index (κ3) is 3.73. The Balaban J connectivity index is 2.17. The van der Waals surface area contributed by atoms with Crippen LogP contribution in [0.2, 0.25) is 0 Å². The molecule has 1 heterocycles. The van der Waals surface area contributed by atoms with E-state index in [1.165, 1.54) is 22.0 Å². The van der Waals surface area contributed by atoms with E-state index in [4.69, 9.17) is 0 Å². The second-order valence-electron chi connectivity index (χ2n) is 6.54. The lowest BCUT2D eigenvalue weighted by Crippen LogP contribution is -2.35. The summed E-state index contributed by atoms with van der Waals surface area (Å²) >= 11 is 0. The van der Waals surface area contributed by atoms with Gasteiger partial charge in [0.15, 0.2) is 0 Å². The molecule has 0 saturated heterocycles. The van der Waals surface area contributed by atoms with E-state index in [2.05, 4.69) is 74.6 Å². The van der Waals surface area contributed by atoms with E-state index in [0.717, 1.165) is 19.5 Å². The molecule has 0 amide bonds. The molecule has 0 aliphatic heterocycles. The molecule has 1 aromatic heterocycles.